The lowest BCUT2D eigenvalue weighted by Crippen LogP contribution is -2.31. The maximum absolute atomic E-state index is 13.3. The summed E-state index contributed by atoms with van der Waals surface area (Å²) in [5.41, 5.74) is 0. The Balaban J connectivity index is 1.64. The van der Waals surface area contributed by atoms with Gasteiger partial charge in [0, 0.05) is 18.9 Å². The van der Waals surface area contributed by atoms with Crippen LogP contribution in [0.4, 0.5) is 8.78 Å². The average Bonchev–Trinajstić information content (AvgIpc) is 3.10. The molecule has 0 saturated heterocycles. The monoisotopic (exact) mass is 259 g/mol. The van der Waals surface area contributed by atoms with Gasteiger partial charge in [0.05, 0.1) is 0 Å². The highest BCUT2D eigenvalue weighted by Crippen LogP contribution is 2.39. The lowest BCUT2D eigenvalue weighted by molar-refractivity contribution is -0.0538. The summed E-state index contributed by atoms with van der Waals surface area (Å²) in [5.74, 6) is -1.23. The van der Waals surface area contributed by atoms with E-state index in [1.54, 1.807) is 0 Å². The molecule has 106 valence electrons. The van der Waals surface area contributed by atoms with Gasteiger partial charge in [-0.25, -0.2) is 8.78 Å². The second-order valence-corrected chi connectivity index (χ2v) is 6.25. The maximum Gasteiger partial charge on any atom is 0.248 e. The molecule has 0 aliphatic heterocycles. The molecule has 0 spiro atoms. The first-order valence-corrected chi connectivity index (χ1v) is 7.72. The summed E-state index contributed by atoms with van der Waals surface area (Å²) in [6, 6.07) is 0.652. The van der Waals surface area contributed by atoms with E-state index in [1.807, 2.05) is 0 Å². The van der Waals surface area contributed by atoms with Crippen LogP contribution in [0.3, 0.4) is 0 Å². The predicted octanol–water partition coefficient (Wildman–Crippen LogP) is 4.37. The summed E-state index contributed by atoms with van der Waals surface area (Å²) in [6.45, 7) is 3.18. The van der Waals surface area contributed by atoms with Crippen LogP contribution in [0.5, 0.6) is 0 Å². The quantitative estimate of drug-likeness (QED) is 0.716. The van der Waals surface area contributed by atoms with E-state index in [4.69, 9.17) is 0 Å². The highest BCUT2D eigenvalue weighted by atomic mass is 19.3. The van der Waals surface area contributed by atoms with Crippen LogP contribution in [-0.4, -0.2) is 18.5 Å². The van der Waals surface area contributed by atoms with Crippen molar-refractivity contribution in [3.63, 3.8) is 0 Å². The topological polar surface area (TPSA) is 12.0 Å². The molecule has 0 heterocycles. The highest BCUT2D eigenvalue weighted by molar-refractivity contribution is 4.86. The Bertz CT molecular complexity index is 251. The van der Waals surface area contributed by atoms with Crippen molar-refractivity contribution in [1.82, 2.24) is 5.32 Å². The smallest absolute Gasteiger partial charge is 0.248 e. The number of halogens is 2. The molecular weight excluding hydrogens is 232 g/mol. The van der Waals surface area contributed by atoms with Crippen molar-refractivity contribution >= 4 is 0 Å². The van der Waals surface area contributed by atoms with Crippen molar-refractivity contribution < 1.29 is 8.78 Å². The van der Waals surface area contributed by atoms with Gasteiger partial charge in [0.25, 0.3) is 0 Å². The third-order valence-corrected chi connectivity index (χ3v) is 4.53. The molecule has 0 aromatic carbocycles. The number of nitrogens with one attached hydrogen (secondary N) is 1. The molecule has 2 atom stereocenters. The summed E-state index contributed by atoms with van der Waals surface area (Å²) in [5, 5.41) is 3.55. The average molecular weight is 259 g/mol. The largest absolute Gasteiger partial charge is 0.314 e. The van der Waals surface area contributed by atoms with Crippen LogP contribution >= 0.6 is 0 Å². The second kappa shape index (κ2) is 6.31. The van der Waals surface area contributed by atoms with E-state index in [1.165, 1.54) is 19.3 Å². The Labute approximate surface area is 110 Å². The molecule has 3 heteroatoms. The molecule has 0 radical (unpaired) electrons. The molecule has 2 aliphatic carbocycles. The van der Waals surface area contributed by atoms with E-state index >= 15 is 0 Å². The Morgan fingerprint density at radius 1 is 1.28 bits per heavy atom. The normalized spacial score (nSPS) is 29.2. The number of hydrogen-bond acceptors (Lipinski definition) is 1. The predicted molar refractivity (Wildman–Crippen MR) is 70.9 cm³/mol. The van der Waals surface area contributed by atoms with Crippen molar-refractivity contribution in [3.05, 3.63) is 0 Å². The molecule has 2 rings (SSSR count). The summed E-state index contributed by atoms with van der Waals surface area (Å²) in [4.78, 5) is 0. The standard InChI is InChI=1S/C15H27F2N/c1-2-18-14(13-8-9-13)7-3-5-12-6-4-10-15(16,17)11-12/h12-14,18H,2-11H2,1H3. The summed E-state index contributed by atoms with van der Waals surface area (Å²) in [6.07, 6.45) is 8.02. The lowest BCUT2D eigenvalue weighted by Gasteiger charge is -2.29. The molecule has 2 unspecified atom stereocenters. The van der Waals surface area contributed by atoms with Gasteiger partial charge in [-0.3, -0.25) is 0 Å². The molecule has 0 aromatic rings. The first kappa shape index (κ1) is 14.2. The molecular formula is C15H27F2N. The van der Waals surface area contributed by atoms with Gasteiger partial charge in [-0.15, -0.1) is 0 Å². The third kappa shape index (κ3) is 4.49. The Hall–Kier alpha value is -0.180. The van der Waals surface area contributed by atoms with E-state index in [0.717, 1.165) is 38.1 Å². The first-order chi connectivity index (χ1) is 8.61. The number of rotatable bonds is 7. The minimum absolute atomic E-state index is 0.117. The van der Waals surface area contributed by atoms with E-state index in [-0.39, 0.29) is 18.8 Å². The molecule has 1 N–H and O–H groups in total. The maximum atomic E-state index is 13.3. The fourth-order valence-electron chi connectivity index (χ4n) is 3.41. The van der Waals surface area contributed by atoms with Crippen LogP contribution in [0.1, 0.15) is 64.7 Å². The van der Waals surface area contributed by atoms with Crippen LogP contribution in [-0.2, 0) is 0 Å². The third-order valence-electron chi connectivity index (χ3n) is 4.53. The molecule has 18 heavy (non-hydrogen) atoms. The zero-order valence-electron chi connectivity index (χ0n) is 11.6. The van der Waals surface area contributed by atoms with E-state index in [0.29, 0.717) is 6.04 Å². The fourth-order valence-corrected chi connectivity index (χ4v) is 3.41. The van der Waals surface area contributed by atoms with Gasteiger partial charge in [-0.2, -0.15) is 0 Å². The minimum atomic E-state index is -2.37. The molecule has 2 aliphatic rings. The van der Waals surface area contributed by atoms with E-state index < -0.39 is 5.92 Å². The van der Waals surface area contributed by atoms with Crippen molar-refractivity contribution in [2.45, 2.75) is 76.7 Å². The Kier molecular flexibility index (Phi) is 4.99. The van der Waals surface area contributed by atoms with Crippen molar-refractivity contribution in [2.24, 2.45) is 11.8 Å². The van der Waals surface area contributed by atoms with Crippen LogP contribution in [0.15, 0.2) is 0 Å². The van der Waals surface area contributed by atoms with Gasteiger partial charge in [0.1, 0.15) is 0 Å². The SMILES string of the molecule is CCNC(CCCC1CCCC(F)(F)C1)C1CC1. The highest BCUT2D eigenvalue weighted by Gasteiger charge is 2.36. The molecule has 0 amide bonds. The van der Waals surface area contributed by atoms with Crippen molar-refractivity contribution in [2.75, 3.05) is 6.54 Å². The zero-order chi connectivity index (χ0) is 13.0. The van der Waals surface area contributed by atoms with E-state index in [2.05, 4.69) is 12.2 Å². The van der Waals surface area contributed by atoms with Gasteiger partial charge in [-0.1, -0.05) is 26.2 Å². The molecule has 2 saturated carbocycles. The molecule has 0 bridgehead atoms. The van der Waals surface area contributed by atoms with Gasteiger partial charge in [0.15, 0.2) is 0 Å². The van der Waals surface area contributed by atoms with Gasteiger partial charge in [0.2, 0.25) is 5.92 Å². The fraction of sp³-hybridized carbons (Fsp3) is 1.00. The van der Waals surface area contributed by atoms with Crippen LogP contribution in [0, 0.1) is 11.8 Å². The second-order valence-electron chi connectivity index (χ2n) is 6.25. The Morgan fingerprint density at radius 2 is 2.06 bits per heavy atom. The molecule has 2 fully saturated rings. The zero-order valence-corrected chi connectivity index (χ0v) is 11.6. The summed E-state index contributed by atoms with van der Waals surface area (Å²) in [7, 11) is 0. The van der Waals surface area contributed by atoms with Crippen molar-refractivity contribution in [1.29, 1.82) is 0 Å². The van der Waals surface area contributed by atoms with Gasteiger partial charge < -0.3 is 5.32 Å². The van der Waals surface area contributed by atoms with Crippen LogP contribution in [0.2, 0.25) is 0 Å². The molecule has 0 aromatic heterocycles. The lowest BCUT2D eigenvalue weighted by atomic mass is 9.83. The minimum Gasteiger partial charge on any atom is -0.314 e. The van der Waals surface area contributed by atoms with Crippen LogP contribution < -0.4 is 5.32 Å². The number of alkyl halides is 2. The number of hydrogen-bond donors (Lipinski definition) is 1. The van der Waals surface area contributed by atoms with Crippen molar-refractivity contribution in [3.8, 4) is 0 Å². The van der Waals surface area contributed by atoms with Gasteiger partial charge >= 0.3 is 0 Å². The Morgan fingerprint density at radius 3 is 2.67 bits per heavy atom. The summed E-state index contributed by atoms with van der Waals surface area (Å²) >= 11 is 0. The summed E-state index contributed by atoms with van der Waals surface area (Å²) < 4.78 is 26.6. The first-order valence-electron chi connectivity index (χ1n) is 7.72. The van der Waals surface area contributed by atoms with E-state index in [9.17, 15) is 8.78 Å². The molecule has 1 nitrogen and oxygen atoms in total. The van der Waals surface area contributed by atoms with Crippen LogP contribution in [0.25, 0.3) is 0 Å². The van der Waals surface area contributed by atoms with Gasteiger partial charge in [-0.05, 0) is 44.1 Å².